The van der Waals surface area contributed by atoms with Crippen molar-refractivity contribution >= 4 is 11.8 Å². The average molecular weight is 367 g/mol. The van der Waals surface area contributed by atoms with Crippen LogP contribution in [-0.2, 0) is 17.8 Å². The molecule has 0 amide bonds. The van der Waals surface area contributed by atoms with Crippen molar-refractivity contribution in [3.05, 3.63) is 47.2 Å². The number of nitrogens with two attached hydrogens (primary N) is 1. The van der Waals surface area contributed by atoms with E-state index in [1.54, 1.807) is 0 Å². The summed E-state index contributed by atoms with van der Waals surface area (Å²) < 4.78 is 5.51. The molecule has 2 fully saturated rings. The van der Waals surface area contributed by atoms with Gasteiger partial charge in [0.1, 0.15) is 5.82 Å². The first-order valence-electron chi connectivity index (χ1n) is 9.91. The predicted molar refractivity (Wildman–Crippen MR) is 108 cm³/mol. The number of hydrogen-bond acceptors (Lipinski definition) is 6. The molecule has 6 nitrogen and oxygen atoms in total. The molecule has 27 heavy (non-hydrogen) atoms. The molecule has 6 heteroatoms. The summed E-state index contributed by atoms with van der Waals surface area (Å²) >= 11 is 0. The predicted octanol–water partition coefficient (Wildman–Crippen LogP) is 2.79. The second kappa shape index (κ2) is 8.23. The van der Waals surface area contributed by atoms with Crippen molar-refractivity contribution in [2.75, 3.05) is 44.0 Å². The van der Waals surface area contributed by atoms with Crippen molar-refractivity contribution in [3.63, 3.8) is 0 Å². The van der Waals surface area contributed by atoms with Gasteiger partial charge in [-0.15, -0.1) is 0 Å². The molecule has 1 aromatic heterocycles. The Morgan fingerprint density at radius 2 is 1.96 bits per heavy atom. The fourth-order valence-electron chi connectivity index (χ4n) is 4.03. The Balaban J connectivity index is 1.51. The van der Waals surface area contributed by atoms with Crippen LogP contribution >= 0.6 is 0 Å². The van der Waals surface area contributed by atoms with Crippen LogP contribution in [0.15, 0.2) is 30.3 Å². The molecular formula is C21H29N5O. The topological polar surface area (TPSA) is 67.5 Å². The number of rotatable bonds is 6. The maximum atomic E-state index is 6.00. The van der Waals surface area contributed by atoms with Crippen LogP contribution in [0.25, 0.3) is 0 Å². The summed E-state index contributed by atoms with van der Waals surface area (Å²) in [5.41, 5.74) is 9.74. The minimum Gasteiger partial charge on any atom is -0.381 e. The van der Waals surface area contributed by atoms with E-state index in [2.05, 4.69) is 57.1 Å². The summed E-state index contributed by atoms with van der Waals surface area (Å²) in [5, 5.41) is 0. The van der Waals surface area contributed by atoms with Crippen molar-refractivity contribution in [2.24, 2.45) is 0 Å². The quantitative estimate of drug-likeness (QED) is 0.847. The third kappa shape index (κ3) is 4.39. The molecule has 0 bridgehead atoms. The Kier molecular flexibility index (Phi) is 5.55. The minimum atomic E-state index is 0.324. The summed E-state index contributed by atoms with van der Waals surface area (Å²) in [6.07, 6.45) is 3.63. The molecule has 2 aliphatic rings. The van der Waals surface area contributed by atoms with Crippen molar-refractivity contribution < 1.29 is 4.74 Å². The Morgan fingerprint density at radius 3 is 2.70 bits per heavy atom. The fraction of sp³-hybridized carbons (Fsp3) is 0.524. The van der Waals surface area contributed by atoms with Crippen LogP contribution in [0.1, 0.15) is 42.0 Å². The van der Waals surface area contributed by atoms with Gasteiger partial charge in [-0.3, -0.25) is 4.90 Å². The van der Waals surface area contributed by atoms with Crippen LogP contribution in [-0.4, -0.2) is 48.2 Å². The fourth-order valence-corrected chi connectivity index (χ4v) is 4.03. The third-order valence-electron chi connectivity index (χ3n) is 5.61. The average Bonchev–Trinajstić information content (AvgIpc) is 3.36. The molecule has 1 atom stereocenters. The molecule has 1 aromatic carbocycles. The van der Waals surface area contributed by atoms with Gasteiger partial charge < -0.3 is 15.4 Å². The molecule has 0 saturated carbocycles. The van der Waals surface area contributed by atoms with Gasteiger partial charge in [-0.1, -0.05) is 24.3 Å². The van der Waals surface area contributed by atoms with Crippen LogP contribution in [0, 0.1) is 0 Å². The highest BCUT2D eigenvalue weighted by Gasteiger charge is 2.21. The summed E-state index contributed by atoms with van der Waals surface area (Å²) in [4.78, 5) is 13.6. The van der Waals surface area contributed by atoms with Gasteiger partial charge in [0.2, 0.25) is 5.95 Å². The lowest BCUT2D eigenvalue weighted by Crippen LogP contribution is -2.23. The van der Waals surface area contributed by atoms with Gasteiger partial charge in [0.05, 0.1) is 12.3 Å². The van der Waals surface area contributed by atoms with E-state index in [1.165, 1.54) is 37.1 Å². The van der Waals surface area contributed by atoms with E-state index >= 15 is 0 Å². The molecule has 144 valence electrons. The molecule has 2 aromatic rings. The van der Waals surface area contributed by atoms with E-state index < -0.39 is 0 Å². The van der Waals surface area contributed by atoms with Gasteiger partial charge in [-0.25, -0.2) is 4.98 Å². The third-order valence-corrected chi connectivity index (χ3v) is 5.61. The zero-order valence-electron chi connectivity index (χ0n) is 16.1. The van der Waals surface area contributed by atoms with Crippen molar-refractivity contribution in [3.8, 4) is 0 Å². The zero-order chi connectivity index (χ0) is 18.6. The Bertz CT molecular complexity index is 769. The highest BCUT2D eigenvalue weighted by molar-refractivity contribution is 5.45. The van der Waals surface area contributed by atoms with Crippen LogP contribution in [0.4, 0.5) is 11.8 Å². The highest BCUT2D eigenvalue weighted by Crippen LogP contribution is 2.27. The molecule has 3 heterocycles. The number of nitrogen functional groups attached to an aromatic ring is 1. The van der Waals surface area contributed by atoms with E-state index in [1.807, 2.05) is 0 Å². The normalized spacial score (nSPS) is 20.3. The van der Waals surface area contributed by atoms with Crippen molar-refractivity contribution in [1.82, 2.24) is 14.9 Å². The van der Waals surface area contributed by atoms with Crippen LogP contribution in [0.2, 0.25) is 0 Å². The van der Waals surface area contributed by atoms with Crippen molar-refractivity contribution in [2.45, 2.75) is 38.3 Å². The molecular weight excluding hydrogens is 338 g/mol. The van der Waals surface area contributed by atoms with Crippen LogP contribution in [0.5, 0.6) is 0 Å². The summed E-state index contributed by atoms with van der Waals surface area (Å²) in [7, 11) is 2.07. The number of anilines is 2. The van der Waals surface area contributed by atoms with Gasteiger partial charge in [-0.2, -0.15) is 4.98 Å². The molecule has 4 rings (SSSR count). The smallest absolute Gasteiger partial charge is 0.222 e. The summed E-state index contributed by atoms with van der Waals surface area (Å²) in [5.74, 6) is 1.54. The van der Waals surface area contributed by atoms with Gasteiger partial charge in [-0.05, 0) is 43.5 Å². The van der Waals surface area contributed by atoms with Gasteiger partial charge >= 0.3 is 0 Å². The van der Waals surface area contributed by atoms with Gasteiger partial charge in [0.15, 0.2) is 0 Å². The number of nitrogens with zero attached hydrogens (tertiary/aromatic N) is 4. The second-order valence-electron chi connectivity index (χ2n) is 7.68. The number of hydrogen-bond donors (Lipinski definition) is 1. The summed E-state index contributed by atoms with van der Waals surface area (Å²) in [6.45, 7) is 5.77. The first-order chi connectivity index (χ1) is 13.2. The summed E-state index contributed by atoms with van der Waals surface area (Å²) in [6, 6.07) is 10.8. The molecule has 0 radical (unpaired) electrons. The molecule has 2 N–H and O–H groups in total. The molecule has 0 aliphatic carbocycles. The maximum absolute atomic E-state index is 6.00. The Morgan fingerprint density at radius 1 is 1.19 bits per heavy atom. The largest absolute Gasteiger partial charge is 0.381 e. The first-order valence-corrected chi connectivity index (χ1v) is 9.91. The van der Waals surface area contributed by atoms with Crippen LogP contribution < -0.4 is 10.6 Å². The SMILES string of the molecule is CN(Cc1ccccc1CN1CCCC1)c1cc([C@H]2CCOC2)nc(N)n1. The molecule has 0 spiro atoms. The van der Waals surface area contributed by atoms with E-state index in [-0.39, 0.29) is 0 Å². The van der Waals surface area contributed by atoms with Crippen molar-refractivity contribution in [1.29, 1.82) is 0 Å². The standard InChI is InChI=1S/C21H29N5O/c1-25(20-12-19(23-21(22)24-20)18-8-11-27-15-18)13-16-6-2-3-7-17(16)14-26-9-4-5-10-26/h2-3,6-7,12,18H,4-5,8-11,13-15H2,1H3,(H2,22,23,24)/t18-/m0/s1. The van der Waals surface area contributed by atoms with E-state index in [4.69, 9.17) is 10.5 Å². The second-order valence-corrected chi connectivity index (χ2v) is 7.68. The highest BCUT2D eigenvalue weighted by atomic mass is 16.5. The number of likely N-dealkylation sites (tertiary alicyclic amines) is 1. The van der Waals surface area contributed by atoms with Gasteiger partial charge in [0, 0.05) is 38.7 Å². The Hall–Kier alpha value is -2.18. The number of ether oxygens (including phenoxy) is 1. The Labute approximate surface area is 161 Å². The zero-order valence-corrected chi connectivity index (χ0v) is 16.1. The monoisotopic (exact) mass is 367 g/mol. The molecule has 0 unspecified atom stereocenters. The lowest BCUT2D eigenvalue weighted by molar-refractivity contribution is 0.193. The van der Waals surface area contributed by atoms with Gasteiger partial charge in [0.25, 0.3) is 0 Å². The van der Waals surface area contributed by atoms with E-state index in [0.717, 1.165) is 44.2 Å². The van der Waals surface area contributed by atoms with Crippen LogP contribution in [0.3, 0.4) is 0 Å². The number of aromatic nitrogens is 2. The maximum Gasteiger partial charge on any atom is 0.222 e. The first kappa shape index (κ1) is 18.2. The molecule has 2 saturated heterocycles. The molecule has 2 aliphatic heterocycles. The number of benzene rings is 1. The minimum absolute atomic E-state index is 0.324. The lowest BCUT2D eigenvalue weighted by Gasteiger charge is -2.23. The van der Waals surface area contributed by atoms with E-state index in [0.29, 0.717) is 11.9 Å². The van der Waals surface area contributed by atoms with E-state index in [9.17, 15) is 0 Å². The lowest BCUT2D eigenvalue weighted by atomic mass is 10.0.